The fraction of sp³-hybridized carbons (Fsp3) is 0.345. The summed E-state index contributed by atoms with van der Waals surface area (Å²) in [5.41, 5.74) is 3.76. The minimum Gasteiger partial charge on any atom is -0.495 e. The Bertz CT molecular complexity index is 1260. The largest absolute Gasteiger partial charge is 0.495 e. The Balaban J connectivity index is 1.89. The zero-order chi connectivity index (χ0) is 26.5. The Labute approximate surface area is 218 Å². The Hall–Kier alpha value is -4.07. The summed E-state index contributed by atoms with van der Waals surface area (Å²) < 4.78 is 28.0. The number of ether oxygens (including phenoxy) is 5. The van der Waals surface area contributed by atoms with E-state index >= 15 is 0 Å². The number of carbonyl (C=O) groups is 1. The standard InChI is InChI=1S/C29H34N2O6/c1-19(32)31-14-13-30(23-9-7-8-10-25(23)33-2)18-24(31)22-17-29(37-6)28(36-5)16-21(22)20-11-12-26(34-3)27(15-20)35-4/h7-12,15-17,24H,13-14,18H2,1-6H3. The molecular weight excluding hydrogens is 472 g/mol. The van der Waals surface area contributed by atoms with Gasteiger partial charge in [-0.15, -0.1) is 0 Å². The van der Waals surface area contributed by atoms with Gasteiger partial charge in [0.05, 0.1) is 47.3 Å². The molecule has 8 nitrogen and oxygen atoms in total. The van der Waals surface area contributed by atoms with E-state index in [1.54, 1.807) is 42.5 Å². The number of amides is 1. The van der Waals surface area contributed by atoms with E-state index in [0.717, 1.165) is 28.1 Å². The molecule has 3 aromatic carbocycles. The molecule has 1 unspecified atom stereocenters. The van der Waals surface area contributed by atoms with Crippen LogP contribution in [0.4, 0.5) is 5.69 Å². The molecule has 0 aliphatic carbocycles. The van der Waals surface area contributed by atoms with E-state index < -0.39 is 0 Å². The summed E-state index contributed by atoms with van der Waals surface area (Å²) in [6.07, 6.45) is 0. The number of para-hydroxylation sites is 2. The molecule has 0 aromatic heterocycles. The second-order valence-corrected chi connectivity index (χ2v) is 8.71. The highest BCUT2D eigenvalue weighted by Gasteiger charge is 2.33. The summed E-state index contributed by atoms with van der Waals surface area (Å²) >= 11 is 0. The van der Waals surface area contributed by atoms with Crippen LogP contribution in [0.2, 0.25) is 0 Å². The van der Waals surface area contributed by atoms with E-state index in [0.29, 0.717) is 42.6 Å². The van der Waals surface area contributed by atoms with Crippen LogP contribution >= 0.6 is 0 Å². The molecule has 0 spiro atoms. The molecule has 0 saturated carbocycles. The van der Waals surface area contributed by atoms with Crippen LogP contribution in [0.25, 0.3) is 11.1 Å². The van der Waals surface area contributed by atoms with Gasteiger partial charge in [0.2, 0.25) is 5.91 Å². The van der Waals surface area contributed by atoms with Gasteiger partial charge in [0.1, 0.15) is 5.75 Å². The minimum atomic E-state index is -0.251. The minimum absolute atomic E-state index is 0.0118. The third-order valence-electron chi connectivity index (χ3n) is 6.82. The molecule has 1 fully saturated rings. The van der Waals surface area contributed by atoms with Crippen molar-refractivity contribution in [1.29, 1.82) is 0 Å². The molecule has 1 aliphatic heterocycles. The SMILES string of the molecule is COc1ccc(-c2cc(OC)c(OC)cc2C2CN(c3ccccc3OC)CCN2C(C)=O)cc1OC. The fourth-order valence-corrected chi connectivity index (χ4v) is 4.96. The number of carbonyl (C=O) groups excluding carboxylic acids is 1. The van der Waals surface area contributed by atoms with Crippen LogP contribution in [0, 0.1) is 0 Å². The number of nitrogens with zero attached hydrogens (tertiary/aromatic N) is 2. The van der Waals surface area contributed by atoms with Crippen molar-refractivity contribution in [3.05, 3.63) is 60.2 Å². The predicted octanol–water partition coefficient (Wildman–Crippen LogP) is 4.81. The summed E-state index contributed by atoms with van der Waals surface area (Å²) in [6.45, 7) is 3.45. The van der Waals surface area contributed by atoms with Crippen LogP contribution < -0.4 is 28.6 Å². The van der Waals surface area contributed by atoms with Crippen LogP contribution in [-0.2, 0) is 4.79 Å². The van der Waals surface area contributed by atoms with E-state index in [4.69, 9.17) is 23.7 Å². The van der Waals surface area contributed by atoms with Crippen LogP contribution in [0.1, 0.15) is 18.5 Å². The van der Waals surface area contributed by atoms with Crippen molar-refractivity contribution in [2.45, 2.75) is 13.0 Å². The number of benzene rings is 3. The Kier molecular flexibility index (Phi) is 7.96. The van der Waals surface area contributed by atoms with E-state index in [1.807, 2.05) is 59.5 Å². The molecule has 1 amide bonds. The molecule has 8 heteroatoms. The van der Waals surface area contributed by atoms with Gasteiger partial charge in [-0.1, -0.05) is 18.2 Å². The normalized spacial score (nSPS) is 15.2. The Morgan fingerprint density at radius 1 is 0.730 bits per heavy atom. The van der Waals surface area contributed by atoms with Crippen molar-refractivity contribution in [3.63, 3.8) is 0 Å². The molecule has 37 heavy (non-hydrogen) atoms. The molecular formula is C29H34N2O6. The van der Waals surface area contributed by atoms with Crippen molar-refractivity contribution in [3.8, 4) is 39.9 Å². The van der Waals surface area contributed by atoms with Crippen molar-refractivity contribution >= 4 is 11.6 Å². The second-order valence-electron chi connectivity index (χ2n) is 8.71. The first-order valence-electron chi connectivity index (χ1n) is 12.1. The van der Waals surface area contributed by atoms with Crippen LogP contribution in [-0.4, -0.2) is 66.0 Å². The summed E-state index contributed by atoms with van der Waals surface area (Å²) in [5.74, 6) is 3.26. The highest BCUT2D eigenvalue weighted by molar-refractivity contribution is 5.78. The number of methoxy groups -OCH3 is 5. The molecule has 196 valence electrons. The number of hydrogen-bond donors (Lipinski definition) is 0. The lowest BCUT2D eigenvalue weighted by molar-refractivity contribution is -0.131. The van der Waals surface area contributed by atoms with Gasteiger partial charge in [0.25, 0.3) is 0 Å². The first-order chi connectivity index (χ1) is 17.9. The lowest BCUT2D eigenvalue weighted by Gasteiger charge is -2.43. The van der Waals surface area contributed by atoms with E-state index in [1.165, 1.54) is 0 Å². The topological polar surface area (TPSA) is 69.7 Å². The average molecular weight is 507 g/mol. The van der Waals surface area contributed by atoms with Crippen molar-refractivity contribution < 1.29 is 28.5 Å². The maximum atomic E-state index is 12.8. The van der Waals surface area contributed by atoms with E-state index in [9.17, 15) is 4.79 Å². The molecule has 1 heterocycles. The van der Waals surface area contributed by atoms with Gasteiger partial charge < -0.3 is 33.5 Å². The molecule has 3 aromatic rings. The number of anilines is 1. The number of piperazine rings is 1. The van der Waals surface area contributed by atoms with Crippen molar-refractivity contribution in [2.24, 2.45) is 0 Å². The van der Waals surface area contributed by atoms with Crippen LogP contribution in [0.3, 0.4) is 0 Å². The summed E-state index contributed by atoms with van der Waals surface area (Å²) in [7, 11) is 8.12. The van der Waals surface area contributed by atoms with Gasteiger partial charge in [0, 0.05) is 26.6 Å². The zero-order valence-corrected chi connectivity index (χ0v) is 22.2. The molecule has 4 rings (SSSR count). The number of hydrogen-bond acceptors (Lipinski definition) is 7. The highest BCUT2D eigenvalue weighted by Crippen LogP contribution is 2.44. The summed E-state index contributed by atoms with van der Waals surface area (Å²) in [5, 5.41) is 0. The van der Waals surface area contributed by atoms with Gasteiger partial charge in [-0.2, -0.15) is 0 Å². The lowest BCUT2D eigenvalue weighted by Crippen LogP contribution is -2.50. The first kappa shape index (κ1) is 26.0. The first-order valence-corrected chi connectivity index (χ1v) is 12.1. The smallest absolute Gasteiger partial charge is 0.220 e. The van der Waals surface area contributed by atoms with E-state index in [-0.39, 0.29) is 11.9 Å². The van der Waals surface area contributed by atoms with Crippen molar-refractivity contribution in [2.75, 3.05) is 60.1 Å². The molecule has 1 atom stereocenters. The van der Waals surface area contributed by atoms with Crippen molar-refractivity contribution in [1.82, 2.24) is 4.90 Å². The molecule has 0 bridgehead atoms. The van der Waals surface area contributed by atoms with Gasteiger partial charge in [-0.05, 0) is 53.1 Å². The number of rotatable bonds is 8. The lowest BCUT2D eigenvalue weighted by atomic mass is 9.91. The quantitative estimate of drug-likeness (QED) is 0.434. The molecule has 1 saturated heterocycles. The van der Waals surface area contributed by atoms with E-state index in [2.05, 4.69) is 4.90 Å². The maximum Gasteiger partial charge on any atom is 0.220 e. The molecule has 1 aliphatic rings. The van der Waals surface area contributed by atoms with Crippen LogP contribution in [0.5, 0.6) is 28.7 Å². The fourth-order valence-electron chi connectivity index (χ4n) is 4.96. The third-order valence-corrected chi connectivity index (χ3v) is 6.82. The average Bonchev–Trinajstić information content (AvgIpc) is 2.95. The predicted molar refractivity (Wildman–Crippen MR) is 143 cm³/mol. The summed E-state index contributed by atoms with van der Waals surface area (Å²) in [4.78, 5) is 17.0. The molecule has 0 radical (unpaired) electrons. The van der Waals surface area contributed by atoms with Gasteiger partial charge in [-0.25, -0.2) is 0 Å². The zero-order valence-electron chi connectivity index (χ0n) is 22.2. The maximum absolute atomic E-state index is 12.8. The Morgan fingerprint density at radius 3 is 2.00 bits per heavy atom. The monoisotopic (exact) mass is 506 g/mol. The van der Waals surface area contributed by atoms with Gasteiger partial charge >= 0.3 is 0 Å². The highest BCUT2D eigenvalue weighted by atomic mass is 16.5. The third kappa shape index (κ3) is 5.09. The molecule has 0 N–H and O–H groups in total. The van der Waals surface area contributed by atoms with Gasteiger partial charge in [-0.3, -0.25) is 4.79 Å². The Morgan fingerprint density at radius 2 is 1.35 bits per heavy atom. The summed E-state index contributed by atoms with van der Waals surface area (Å²) in [6, 6.07) is 17.4. The van der Waals surface area contributed by atoms with Gasteiger partial charge in [0.15, 0.2) is 23.0 Å². The second kappa shape index (κ2) is 11.3. The van der Waals surface area contributed by atoms with Crippen LogP contribution in [0.15, 0.2) is 54.6 Å².